The van der Waals surface area contributed by atoms with Crippen LogP contribution in [-0.2, 0) is 16.2 Å². The SMILES string of the molecule is CCOc1cc(C=NNC(=O)CC(=O)Nc2ccccc2)ccc1OCc1ccccc1C#N. The molecule has 0 saturated heterocycles. The molecule has 2 N–H and O–H groups in total. The molecule has 0 aliphatic rings. The van der Waals surface area contributed by atoms with Crippen LogP contribution in [0, 0.1) is 11.3 Å². The summed E-state index contributed by atoms with van der Waals surface area (Å²) in [5.41, 5.74) is 4.95. The van der Waals surface area contributed by atoms with Gasteiger partial charge in [-0.25, -0.2) is 5.43 Å². The van der Waals surface area contributed by atoms with E-state index in [1.54, 1.807) is 54.6 Å². The van der Waals surface area contributed by atoms with E-state index in [1.165, 1.54) is 6.21 Å². The van der Waals surface area contributed by atoms with Crippen LogP contribution < -0.4 is 20.2 Å². The van der Waals surface area contributed by atoms with Gasteiger partial charge in [-0.05, 0) is 48.9 Å². The van der Waals surface area contributed by atoms with E-state index in [1.807, 2.05) is 25.1 Å². The number of amides is 2. The molecule has 3 rings (SSSR count). The minimum Gasteiger partial charge on any atom is -0.490 e. The molecule has 8 nitrogen and oxygen atoms in total. The summed E-state index contributed by atoms with van der Waals surface area (Å²) in [6.45, 7) is 2.51. The van der Waals surface area contributed by atoms with E-state index in [0.29, 0.717) is 34.9 Å². The Hall–Kier alpha value is -4.64. The van der Waals surface area contributed by atoms with Crippen molar-refractivity contribution >= 4 is 23.7 Å². The summed E-state index contributed by atoms with van der Waals surface area (Å²) in [7, 11) is 0. The second-order valence-electron chi connectivity index (χ2n) is 7.08. The molecular formula is C26H24N4O4. The standard InChI is InChI=1S/C26H24N4O4/c1-2-33-24-14-19(12-13-23(24)34-18-21-9-7-6-8-20(21)16-27)17-28-30-26(32)15-25(31)29-22-10-4-3-5-11-22/h3-14,17H,2,15,18H2,1H3,(H,29,31)(H,30,32). The average molecular weight is 457 g/mol. The smallest absolute Gasteiger partial charge is 0.249 e. The van der Waals surface area contributed by atoms with Gasteiger partial charge in [-0.2, -0.15) is 10.4 Å². The number of para-hydroxylation sites is 1. The quantitative estimate of drug-likeness (QED) is 0.272. The van der Waals surface area contributed by atoms with Gasteiger partial charge < -0.3 is 14.8 Å². The van der Waals surface area contributed by atoms with Crippen LogP contribution in [0.5, 0.6) is 11.5 Å². The molecule has 8 heteroatoms. The van der Waals surface area contributed by atoms with Crippen LogP contribution in [-0.4, -0.2) is 24.6 Å². The van der Waals surface area contributed by atoms with Crippen LogP contribution in [0.15, 0.2) is 77.9 Å². The van der Waals surface area contributed by atoms with Gasteiger partial charge in [-0.3, -0.25) is 9.59 Å². The Labute approximate surface area is 197 Å². The third kappa shape index (κ3) is 7.21. The maximum absolute atomic E-state index is 12.0. The minimum atomic E-state index is -0.536. The fourth-order valence-corrected chi connectivity index (χ4v) is 2.99. The molecule has 172 valence electrons. The summed E-state index contributed by atoms with van der Waals surface area (Å²) in [5.74, 6) is 0.0608. The fraction of sp³-hybridized carbons (Fsp3) is 0.154. The zero-order valence-electron chi connectivity index (χ0n) is 18.7. The molecule has 0 bridgehead atoms. The lowest BCUT2D eigenvalue weighted by Gasteiger charge is -2.13. The largest absolute Gasteiger partial charge is 0.490 e. The second-order valence-corrected chi connectivity index (χ2v) is 7.08. The maximum atomic E-state index is 12.0. The highest BCUT2D eigenvalue weighted by Gasteiger charge is 2.10. The molecule has 3 aromatic rings. The summed E-state index contributed by atoms with van der Waals surface area (Å²) in [6, 6.07) is 23.5. The lowest BCUT2D eigenvalue weighted by molar-refractivity contribution is -0.126. The van der Waals surface area contributed by atoms with Gasteiger partial charge in [-0.1, -0.05) is 36.4 Å². The number of nitriles is 1. The monoisotopic (exact) mass is 456 g/mol. The third-order valence-electron chi connectivity index (χ3n) is 4.57. The van der Waals surface area contributed by atoms with Gasteiger partial charge in [0.2, 0.25) is 11.8 Å². The molecule has 0 aromatic heterocycles. The lowest BCUT2D eigenvalue weighted by atomic mass is 10.1. The van der Waals surface area contributed by atoms with Crippen LogP contribution >= 0.6 is 0 Å². The Balaban J connectivity index is 1.57. The van der Waals surface area contributed by atoms with Crippen molar-refractivity contribution in [1.29, 1.82) is 5.26 Å². The number of ether oxygens (including phenoxy) is 2. The first-order valence-corrected chi connectivity index (χ1v) is 10.6. The molecule has 3 aromatic carbocycles. The molecule has 34 heavy (non-hydrogen) atoms. The average Bonchev–Trinajstić information content (AvgIpc) is 2.84. The molecule has 0 radical (unpaired) electrons. The number of carbonyl (C=O) groups excluding carboxylic acids is 2. The molecule has 0 atom stereocenters. The van der Waals surface area contributed by atoms with Crippen molar-refractivity contribution in [2.75, 3.05) is 11.9 Å². The van der Waals surface area contributed by atoms with Gasteiger partial charge in [-0.15, -0.1) is 0 Å². The number of hydrazone groups is 1. The number of carbonyl (C=O) groups is 2. The predicted molar refractivity (Wildman–Crippen MR) is 129 cm³/mol. The Kier molecular flexibility index (Phi) is 8.76. The predicted octanol–water partition coefficient (Wildman–Crippen LogP) is 4.01. The van der Waals surface area contributed by atoms with Gasteiger partial charge in [0.15, 0.2) is 11.5 Å². The van der Waals surface area contributed by atoms with Crippen LogP contribution in [0.3, 0.4) is 0 Å². The number of rotatable bonds is 10. The number of hydrogen-bond acceptors (Lipinski definition) is 6. The zero-order chi connectivity index (χ0) is 24.2. The van der Waals surface area contributed by atoms with Crippen molar-refractivity contribution in [3.8, 4) is 17.6 Å². The molecule has 0 aliphatic carbocycles. The van der Waals surface area contributed by atoms with Gasteiger partial charge in [0, 0.05) is 11.3 Å². The van der Waals surface area contributed by atoms with Crippen LogP contribution in [0.1, 0.15) is 30.0 Å². The van der Waals surface area contributed by atoms with E-state index in [9.17, 15) is 14.9 Å². The lowest BCUT2D eigenvalue weighted by Crippen LogP contribution is -2.24. The number of nitrogens with zero attached hydrogens (tertiary/aromatic N) is 2. The van der Waals surface area contributed by atoms with E-state index in [4.69, 9.17) is 9.47 Å². The zero-order valence-corrected chi connectivity index (χ0v) is 18.7. The van der Waals surface area contributed by atoms with Gasteiger partial charge in [0.05, 0.1) is 24.5 Å². The highest BCUT2D eigenvalue weighted by Crippen LogP contribution is 2.29. The molecule has 0 aliphatic heterocycles. The summed E-state index contributed by atoms with van der Waals surface area (Å²) in [5, 5.41) is 15.8. The van der Waals surface area contributed by atoms with Gasteiger partial charge in [0.1, 0.15) is 13.0 Å². The van der Waals surface area contributed by atoms with Gasteiger partial charge in [0.25, 0.3) is 0 Å². The van der Waals surface area contributed by atoms with Gasteiger partial charge >= 0.3 is 0 Å². The molecule has 0 unspecified atom stereocenters. The van der Waals surface area contributed by atoms with E-state index in [-0.39, 0.29) is 13.0 Å². The van der Waals surface area contributed by atoms with Crippen molar-refractivity contribution in [2.24, 2.45) is 5.10 Å². The summed E-state index contributed by atoms with van der Waals surface area (Å²) >= 11 is 0. The molecule has 2 amide bonds. The van der Waals surface area contributed by atoms with E-state index < -0.39 is 11.8 Å². The van der Waals surface area contributed by atoms with E-state index in [2.05, 4.69) is 21.9 Å². The Morgan fingerprint density at radius 2 is 1.74 bits per heavy atom. The topological polar surface area (TPSA) is 113 Å². The molecular weight excluding hydrogens is 432 g/mol. The van der Waals surface area contributed by atoms with Crippen molar-refractivity contribution in [2.45, 2.75) is 20.0 Å². The second kappa shape index (κ2) is 12.4. The first kappa shape index (κ1) is 24.0. The van der Waals surface area contributed by atoms with E-state index in [0.717, 1.165) is 5.56 Å². The highest BCUT2D eigenvalue weighted by molar-refractivity contribution is 6.03. The maximum Gasteiger partial charge on any atom is 0.249 e. The number of anilines is 1. The Morgan fingerprint density at radius 1 is 0.971 bits per heavy atom. The van der Waals surface area contributed by atoms with Crippen LogP contribution in [0.2, 0.25) is 0 Å². The number of nitrogens with one attached hydrogen (secondary N) is 2. The Bertz CT molecular complexity index is 1200. The first-order valence-electron chi connectivity index (χ1n) is 10.6. The van der Waals surface area contributed by atoms with Crippen molar-refractivity contribution in [3.05, 3.63) is 89.5 Å². The number of benzene rings is 3. The van der Waals surface area contributed by atoms with Crippen molar-refractivity contribution in [3.63, 3.8) is 0 Å². The van der Waals surface area contributed by atoms with Crippen LogP contribution in [0.4, 0.5) is 5.69 Å². The number of hydrogen-bond donors (Lipinski definition) is 2. The summed E-state index contributed by atoms with van der Waals surface area (Å²) < 4.78 is 11.5. The first-order chi connectivity index (χ1) is 16.6. The van der Waals surface area contributed by atoms with Crippen molar-refractivity contribution < 1.29 is 19.1 Å². The molecule has 0 heterocycles. The summed E-state index contributed by atoms with van der Waals surface area (Å²) in [4.78, 5) is 23.9. The fourth-order valence-electron chi connectivity index (χ4n) is 2.99. The minimum absolute atomic E-state index is 0.221. The van der Waals surface area contributed by atoms with Crippen LogP contribution in [0.25, 0.3) is 0 Å². The molecule has 0 fully saturated rings. The third-order valence-corrected chi connectivity index (χ3v) is 4.57. The normalized spacial score (nSPS) is 10.4. The highest BCUT2D eigenvalue weighted by atomic mass is 16.5. The summed E-state index contributed by atoms with van der Waals surface area (Å²) in [6.07, 6.45) is 1.09. The van der Waals surface area contributed by atoms with E-state index >= 15 is 0 Å². The molecule has 0 saturated carbocycles. The molecule has 0 spiro atoms. The van der Waals surface area contributed by atoms with Crippen molar-refractivity contribution in [1.82, 2.24) is 5.43 Å². The Morgan fingerprint density at radius 3 is 2.50 bits per heavy atom.